The van der Waals surface area contributed by atoms with Crippen LogP contribution in [-0.4, -0.2) is 21.7 Å². The van der Waals surface area contributed by atoms with Crippen LogP contribution < -0.4 is 5.32 Å². The number of aromatic nitrogens is 1. The van der Waals surface area contributed by atoms with Gasteiger partial charge in [0.15, 0.2) is 0 Å². The molecular formula is C25H30N2O2. The number of carboxylic acid groups (broad SMARTS) is 1. The normalized spacial score (nSPS) is 19.5. The number of hydrogen-bond donors (Lipinski definition) is 2. The average molecular weight is 391 g/mol. The summed E-state index contributed by atoms with van der Waals surface area (Å²) < 4.78 is 1.97. The Morgan fingerprint density at radius 1 is 1.10 bits per heavy atom. The summed E-state index contributed by atoms with van der Waals surface area (Å²) >= 11 is 0. The number of carboxylic acids is 1. The van der Waals surface area contributed by atoms with Crippen molar-refractivity contribution >= 4 is 16.9 Å². The van der Waals surface area contributed by atoms with Crippen molar-refractivity contribution in [2.75, 3.05) is 0 Å². The molecule has 2 aromatic carbocycles. The number of hydrogen-bond acceptors (Lipinski definition) is 2. The van der Waals surface area contributed by atoms with Crippen LogP contribution in [-0.2, 0) is 13.1 Å². The second-order valence-electron chi connectivity index (χ2n) is 8.41. The molecule has 0 aliphatic heterocycles. The van der Waals surface area contributed by atoms with Crippen LogP contribution in [0.1, 0.15) is 59.8 Å². The van der Waals surface area contributed by atoms with Gasteiger partial charge in [0.25, 0.3) is 0 Å². The summed E-state index contributed by atoms with van der Waals surface area (Å²) in [5.41, 5.74) is 4.63. The molecule has 0 unspecified atom stereocenters. The SMILES string of the molecule is Cc1ccccc1Cn1c(C(=O)O)c(CN[C@@H]2CCCC[C@@H]2C)c2ccccc21. The Bertz CT molecular complexity index is 1020. The highest BCUT2D eigenvalue weighted by molar-refractivity contribution is 5.98. The van der Waals surface area contributed by atoms with E-state index in [2.05, 4.69) is 37.4 Å². The van der Waals surface area contributed by atoms with Crippen molar-refractivity contribution in [3.05, 3.63) is 70.9 Å². The Morgan fingerprint density at radius 2 is 1.83 bits per heavy atom. The molecule has 1 fully saturated rings. The monoisotopic (exact) mass is 390 g/mol. The first-order valence-electron chi connectivity index (χ1n) is 10.7. The molecule has 0 bridgehead atoms. The van der Waals surface area contributed by atoms with Gasteiger partial charge in [0.2, 0.25) is 0 Å². The molecule has 29 heavy (non-hydrogen) atoms. The largest absolute Gasteiger partial charge is 0.477 e. The number of carbonyl (C=O) groups is 1. The Kier molecular flexibility index (Phi) is 5.72. The number of para-hydroxylation sites is 1. The second kappa shape index (κ2) is 8.42. The van der Waals surface area contributed by atoms with Gasteiger partial charge in [0.05, 0.1) is 0 Å². The average Bonchev–Trinajstić information content (AvgIpc) is 3.03. The molecule has 2 N–H and O–H groups in total. The smallest absolute Gasteiger partial charge is 0.352 e. The highest BCUT2D eigenvalue weighted by Crippen LogP contribution is 2.29. The minimum Gasteiger partial charge on any atom is -0.477 e. The first-order chi connectivity index (χ1) is 14.1. The van der Waals surface area contributed by atoms with Crippen molar-refractivity contribution in [3.63, 3.8) is 0 Å². The van der Waals surface area contributed by atoms with Crippen LogP contribution in [0.2, 0.25) is 0 Å². The fraction of sp³-hybridized carbons (Fsp3) is 0.400. The van der Waals surface area contributed by atoms with E-state index in [0.29, 0.717) is 30.7 Å². The number of aromatic carboxylic acids is 1. The van der Waals surface area contributed by atoms with Crippen molar-refractivity contribution in [1.29, 1.82) is 0 Å². The molecule has 152 valence electrons. The lowest BCUT2D eigenvalue weighted by Crippen LogP contribution is -2.37. The molecular weight excluding hydrogens is 360 g/mol. The molecule has 4 nitrogen and oxygen atoms in total. The van der Waals surface area contributed by atoms with Crippen LogP contribution in [0.15, 0.2) is 48.5 Å². The maximum absolute atomic E-state index is 12.4. The van der Waals surface area contributed by atoms with Gasteiger partial charge >= 0.3 is 5.97 Å². The van der Waals surface area contributed by atoms with E-state index >= 15 is 0 Å². The van der Waals surface area contributed by atoms with Crippen molar-refractivity contribution in [2.24, 2.45) is 5.92 Å². The summed E-state index contributed by atoms with van der Waals surface area (Å²) in [6.45, 7) is 5.54. The van der Waals surface area contributed by atoms with Gasteiger partial charge in [-0.15, -0.1) is 0 Å². The lowest BCUT2D eigenvalue weighted by Gasteiger charge is -2.29. The lowest BCUT2D eigenvalue weighted by molar-refractivity contribution is 0.0684. The van der Waals surface area contributed by atoms with Crippen molar-refractivity contribution in [2.45, 2.75) is 58.7 Å². The number of aryl methyl sites for hydroxylation is 1. The Hall–Kier alpha value is -2.59. The van der Waals surface area contributed by atoms with Crippen molar-refractivity contribution in [3.8, 4) is 0 Å². The van der Waals surface area contributed by atoms with E-state index in [0.717, 1.165) is 22.0 Å². The molecule has 0 amide bonds. The van der Waals surface area contributed by atoms with E-state index < -0.39 is 5.97 Å². The number of benzene rings is 2. The number of rotatable bonds is 6. The molecule has 2 atom stereocenters. The fourth-order valence-corrected chi connectivity index (χ4v) is 4.77. The lowest BCUT2D eigenvalue weighted by atomic mass is 9.86. The van der Waals surface area contributed by atoms with Crippen molar-refractivity contribution < 1.29 is 9.90 Å². The summed E-state index contributed by atoms with van der Waals surface area (Å²) in [5.74, 6) is -0.222. The molecule has 4 heteroatoms. The highest BCUT2D eigenvalue weighted by Gasteiger charge is 2.25. The quantitative estimate of drug-likeness (QED) is 0.595. The van der Waals surface area contributed by atoms with Crippen LogP contribution in [0, 0.1) is 12.8 Å². The van der Waals surface area contributed by atoms with E-state index in [9.17, 15) is 9.90 Å². The van der Waals surface area contributed by atoms with Gasteiger partial charge in [0, 0.05) is 35.6 Å². The van der Waals surface area contributed by atoms with Crippen LogP contribution in [0.3, 0.4) is 0 Å². The molecule has 0 spiro atoms. The third kappa shape index (κ3) is 3.95. The standard InChI is InChI=1S/C25H30N2O2/c1-17-9-3-5-11-19(17)16-27-23-14-8-6-12-20(23)21(24(27)25(28)29)15-26-22-13-7-4-10-18(22)2/h3,5-6,8-9,11-12,14,18,22,26H,4,7,10,13,15-16H2,1-2H3,(H,28,29)/t18-,22+/m0/s1. The molecule has 1 aliphatic rings. The zero-order valence-electron chi connectivity index (χ0n) is 17.3. The van der Waals surface area contributed by atoms with E-state index in [1.165, 1.54) is 31.2 Å². The third-order valence-corrected chi connectivity index (χ3v) is 6.52. The maximum Gasteiger partial charge on any atom is 0.352 e. The number of fused-ring (bicyclic) bond motifs is 1. The predicted octanol–water partition coefficient (Wildman–Crippen LogP) is 5.36. The molecule has 0 saturated heterocycles. The summed E-state index contributed by atoms with van der Waals surface area (Å²) in [4.78, 5) is 12.4. The van der Waals surface area contributed by atoms with E-state index in [1.54, 1.807) is 0 Å². The molecule has 0 radical (unpaired) electrons. The first-order valence-corrected chi connectivity index (χ1v) is 10.7. The molecule has 1 saturated carbocycles. The molecule has 4 rings (SSSR count). The van der Waals surface area contributed by atoms with Gasteiger partial charge in [-0.2, -0.15) is 0 Å². The topological polar surface area (TPSA) is 54.3 Å². The van der Waals surface area contributed by atoms with Crippen LogP contribution >= 0.6 is 0 Å². The second-order valence-corrected chi connectivity index (χ2v) is 8.41. The molecule has 3 aromatic rings. The van der Waals surface area contributed by atoms with Crippen molar-refractivity contribution in [1.82, 2.24) is 9.88 Å². The summed E-state index contributed by atoms with van der Waals surface area (Å²) in [7, 11) is 0. The Morgan fingerprint density at radius 3 is 2.59 bits per heavy atom. The molecule has 1 aliphatic carbocycles. The maximum atomic E-state index is 12.4. The van der Waals surface area contributed by atoms with Gasteiger partial charge in [-0.25, -0.2) is 4.79 Å². The highest BCUT2D eigenvalue weighted by atomic mass is 16.4. The number of nitrogens with one attached hydrogen (secondary N) is 1. The van der Waals surface area contributed by atoms with Crippen LogP contribution in [0.5, 0.6) is 0 Å². The Labute approximate surface area is 172 Å². The van der Waals surface area contributed by atoms with E-state index in [4.69, 9.17) is 0 Å². The zero-order chi connectivity index (χ0) is 20.4. The van der Waals surface area contributed by atoms with Gasteiger partial charge in [0.1, 0.15) is 5.69 Å². The van der Waals surface area contributed by atoms with Gasteiger partial charge in [-0.3, -0.25) is 0 Å². The first kappa shape index (κ1) is 19.7. The third-order valence-electron chi connectivity index (χ3n) is 6.52. The van der Waals surface area contributed by atoms with Gasteiger partial charge in [-0.1, -0.05) is 62.2 Å². The minimum atomic E-state index is -0.858. The van der Waals surface area contributed by atoms with Gasteiger partial charge < -0.3 is 15.0 Å². The van der Waals surface area contributed by atoms with Crippen LogP contribution in [0.4, 0.5) is 0 Å². The summed E-state index contributed by atoms with van der Waals surface area (Å²) in [6.07, 6.45) is 4.97. The Balaban J connectivity index is 1.74. The summed E-state index contributed by atoms with van der Waals surface area (Å²) in [5, 5.41) is 14.9. The number of nitrogens with zero attached hydrogens (tertiary/aromatic N) is 1. The predicted molar refractivity (Wildman–Crippen MR) is 117 cm³/mol. The zero-order valence-corrected chi connectivity index (χ0v) is 17.3. The molecule has 1 heterocycles. The summed E-state index contributed by atoms with van der Waals surface area (Å²) in [6, 6.07) is 16.7. The van der Waals surface area contributed by atoms with Crippen LogP contribution in [0.25, 0.3) is 10.9 Å². The van der Waals surface area contributed by atoms with E-state index in [-0.39, 0.29) is 0 Å². The van der Waals surface area contributed by atoms with Gasteiger partial charge in [-0.05, 0) is 42.9 Å². The molecule has 1 aromatic heterocycles. The fourth-order valence-electron chi connectivity index (χ4n) is 4.77. The van der Waals surface area contributed by atoms with E-state index in [1.807, 2.05) is 34.9 Å². The minimum absolute atomic E-state index is 0.408.